The second kappa shape index (κ2) is 9.21. The molecule has 146 valence electrons. The summed E-state index contributed by atoms with van der Waals surface area (Å²) in [5.74, 6) is -0.489. The number of anilines is 1. The van der Waals surface area contributed by atoms with Crippen molar-refractivity contribution in [2.45, 2.75) is 46.6 Å². The summed E-state index contributed by atoms with van der Waals surface area (Å²) in [6.45, 7) is 8.00. The zero-order chi connectivity index (χ0) is 20.0. The van der Waals surface area contributed by atoms with Crippen LogP contribution in [0.3, 0.4) is 0 Å². The maximum Gasteiger partial charge on any atom is 0.338 e. The Kier molecular flexibility index (Phi) is 6.98. The number of nitrogens with zero attached hydrogens (tertiary/aromatic N) is 1. The van der Waals surface area contributed by atoms with Gasteiger partial charge in [0.05, 0.1) is 18.2 Å². The number of hydrogen-bond acceptors (Lipinski definition) is 4. The Labute approximate surface area is 159 Å². The summed E-state index contributed by atoms with van der Waals surface area (Å²) in [7, 11) is 0. The molecule has 7 nitrogen and oxygen atoms in total. The molecule has 3 amide bonds. The minimum absolute atomic E-state index is 0.0437. The molecule has 0 spiro atoms. The number of urea groups is 1. The van der Waals surface area contributed by atoms with Gasteiger partial charge in [0.2, 0.25) is 5.91 Å². The van der Waals surface area contributed by atoms with Crippen LogP contribution in [0, 0.1) is 0 Å². The van der Waals surface area contributed by atoms with Gasteiger partial charge >= 0.3 is 12.0 Å². The Bertz CT molecular complexity index is 740. The SMILES string of the molecule is CCCC(=O)Nc1ccc(C2NC(=O)N(CC)C(C)=C2C(=O)OCC)cc1. The predicted molar refractivity (Wildman–Crippen MR) is 103 cm³/mol. The van der Waals surface area contributed by atoms with E-state index in [1.807, 2.05) is 13.8 Å². The first kappa shape index (κ1) is 20.5. The molecule has 1 aromatic rings. The fraction of sp³-hybridized carbons (Fsp3) is 0.450. The Morgan fingerprint density at radius 1 is 1.19 bits per heavy atom. The molecule has 0 aromatic heterocycles. The van der Waals surface area contributed by atoms with Crippen molar-refractivity contribution >= 4 is 23.6 Å². The van der Waals surface area contributed by atoms with Gasteiger partial charge in [-0.2, -0.15) is 0 Å². The minimum atomic E-state index is -0.597. The summed E-state index contributed by atoms with van der Waals surface area (Å²) < 4.78 is 5.20. The molecular formula is C20H27N3O4. The van der Waals surface area contributed by atoms with Gasteiger partial charge in [-0.25, -0.2) is 9.59 Å². The van der Waals surface area contributed by atoms with E-state index in [0.717, 1.165) is 12.0 Å². The molecule has 1 atom stereocenters. The highest BCUT2D eigenvalue weighted by molar-refractivity contribution is 5.95. The Balaban J connectivity index is 2.33. The van der Waals surface area contributed by atoms with Crippen molar-refractivity contribution in [3.63, 3.8) is 0 Å². The monoisotopic (exact) mass is 373 g/mol. The first-order valence-corrected chi connectivity index (χ1v) is 9.28. The van der Waals surface area contributed by atoms with Crippen molar-refractivity contribution in [1.29, 1.82) is 0 Å². The molecule has 1 aromatic carbocycles. The molecule has 0 bridgehead atoms. The third-order valence-electron chi connectivity index (χ3n) is 4.41. The molecule has 7 heteroatoms. The maximum atomic E-state index is 12.5. The van der Waals surface area contributed by atoms with Gasteiger partial charge < -0.3 is 15.4 Å². The normalized spacial score (nSPS) is 16.8. The average Bonchev–Trinajstić information content (AvgIpc) is 2.62. The van der Waals surface area contributed by atoms with Crippen LogP contribution >= 0.6 is 0 Å². The number of carbonyl (C=O) groups is 3. The van der Waals surface area contributed by atoms with Gasteiger partial charge in [-0.1, -0.05) is 19.1 Å². The number of benzene rings is 1. The van der Waals surface area contributed by atoms with Crippen molar-refractivity contribution < 1.29 is 19.1 Å². The number of ether oxygens (including phenoxy) is 1. The van der Waals surface area contributed by atoms with E-state index in [4.69, 9.17) is 4.74 Å². The van der Waals surface area contributed by atoms with Gasteiger partial charge in [-0.3, -0.25) is 9.69 Å². The molecule has 2 N–H and O–H groups in total. The zero-order valence-corrected chi connectivity index (χ0v) is 16.3. The second-order valence-electron chi connectivity index (χ2n) is 6.27. The van der Waals surface area contributed by atoms with E-state index in [9.17, 15) is 14.4 Å². The third kappa shape index (κ3) is 4.67. The minimum Gasteiger partial charge on any atom is -0.463 e. The molecule has 0 radical (unpaired) electrons. The lowest BCUT2D eigenvalue weighted by Gasteiger charge is -2.34. The molecule has 0 fully saturated rings. The highest BCUT2D eigenvalue weighted by atomic mass is 16.5. The topological polar surface area (TPSA) is 87.7 Å². The molecule has 2 rings (SSSR count). The molecule has 27 heavy (non-hydrogen) atoms. The first-order chi connectivity index (χ1) is 12.9. The van der Waals surface area contributed by atoms with Crippen molar-refractivity contribution in [3.8, 4) is 0 Å². The average molecular weight is 373 g/mol. The summed E-state index contributed by atoms with van der Waals surface area (Å²) in [4.78, 5) is 38.2. The molecule has 0 aliphatic carbocycles. The molecule has 1 aliphatic heterocycles. The summed E-state index contributed by atoms with van der Waals surface area (Å²) in [5.41, 5.74) is 2.42. The van der Waals surface area contributed by atoms with Gasteiger partial charge in [-0.15, -0.1) is 0 Å². The lowest BCUT2D eigenvalue weighted by molar-refractivity contribution is -0.139. The van der Waals surface area contributed by atoms with Crippen molar-refractivity contribution in [2.75, 3.05) is 18.5 Å². The number of nitrogens with one attached hydrogen (secondary N) is 2. The quantitative estimate of drug-likeness (QED) is 0.718. The molecular weight excluding hydrogens is 346 g/mol. The van der Waals surface area contributed by atoms with E-state index in [2.05, 4.69) is 10.6 Å². The Morgan fingerprint density at radius 2 is 1.85 bits per heavy atom. The first-order valence-electron chi connectivity index (χ1n) is 9.28. The van der Waals surface area contributed by atoms with E-state index in [1.54, 1.807) is 38.1 Å². The molecule has 1 aliphatic rings. The molecule has 1 heterocycles. The smallest absolute Gasteiger partial charge is 0.338 e. The van der Waals surface area contributed by atoms with E-state index >= 15 is 0 Å². The van der Waals surface area contributed by atoms with Crippen LogP contribution in [0.1, 0.15) is 52.1 Å². The van der Waals surface area contributed by atoms with Gasteiger partial charge in [0.25, 0.3) is 0 Å². The van der Waals surface area contributed by atoms with Crippen LogP contribution in [-0.4, -0.2) is 36.0 Å². The van der Waals surface area contributed by atoms with Crippen LogP contribution in [0.2, 0.25) is 0 Å². The fourth-order valence-corrected chi connectivity index (χ4v) is 3.09. The van der Waals surface area contributed by atoms with E-state index in [-0.39, 0.29) is 18.5 Å². The molecule has 1 unspecified atom stereocenters. The van der Waals surface area contributed by atoms with Gasteiger partial charge in [0.15, 0.2) is 0 Å². The van der Waals surface area contributed by atoms with Crippen LogP contribution in [0.4, 0.5) is 10.5 Å². The largest absolute Gasteiger partial charge is 0.463 e. The van der Waals surface area contributed by atoms with Crippen molar-refractivity contribution in [2.24, 2.45) is 0 Å². The van der Waals surface area contributed by atoms with Crippen LogP contribution in [0.15, 0.2) is 35.5 Å². The van der Waals surface area contributed by atoms with Crippen molar-refractivity contribution in [1.82, 2.24) is 10.2 Å². The lowest BCUT2D eigenvalue weighted by atomic mass is 9.94. The summed E-state index contributed by atoms with van der Waals surface area (Å²) in [6, 6.07) is 6.26. The van der Waals surface area contributed by atoms with E-state index in [1.165, 1.54) is 4.90 Å². The third-order valence-corrected chi connectivity index (χ3v) is 4.41. The number of hydrogen-bond donors (Lipinski definition) is 2. The zero-order valence-electron chi connectivity index (χ0n) is 16.3. The van der Waals surface area contributed by atoms with Crippen LogP contribution in [0.5, 0.6) is 0 Å². The predicted octanol–water partition coefficient (Wildman–Crippen LogP) is 3.35. The highest BCUT2D eigenvalue weighted by Crippen LogP contribution is 2.31. The van der Waals surface area contributed by atoms with Crippen molar-refractivity contribution in [3.05, 3.63) is 41.1 Å². The van der Waals surface area contributed by atoms with Gasteiger partial charge in [0.1, 0.15) is 0 Å². The lowest BCUT2D eigenvalue weighted by Crippen LogP contribution is -2.47. The number of rotatable bonds is 7. The number of carbonyl (C=O) groups excluding carboxylic acids is 3. The van der Waals surface area contributed by atoms with Gasteiger partial charge in [-0.05, 0) is 44.9 Å². The van der Waals surface area contributed by atoms with E-state index < -0.39 is 12.0 Å². The number of esters is 1. The highest BCUT2D eigenvalue weighted by Gasteiger charge is 2.35. The number of allylic oxidation sites excluding steroid dienone is 1. The standard InChI is InChI=1S/C20H27N3O4/c1-5-8-16(24)21-15-11-9-14(10-12-15)18-17(19(25)27-7-3)13(4)23(6-2)20(26)22-18/h9-12,18H,5-8H2,1-4H3,(H,21,24)(H,22,26). The molecule has 0 saturated carbocycles. The fourth-order valence-electron chi connectivity index (χ4n) is 3.09. The maximum absolute atomic E-state index is 12.5. The Morgan fingerprint density at radius 3 is 2.41 bits per heavy atom. The van der Waals surface area contributed by atoms with Crippen LogP contribution in [0.25, 0.3) is 0 Å². The summed E-state index contributed by atoms with van der Waals surface area (Å²) in [6.07, 6.45) is 1.24. The molecule has 0 saturated heterocycles. The summed E-state index contributed by atoms with van der Waals surface area (Å²) >= 11 is 0. The second-order valence-corrected chi connectivity index (χ2v) is 6.27. The van der Waals surface area contributed by atoms with E-state index in [0.29, 0.717) is 29.9 Å². The van der Waals surface area contributed by atoms with Crippen LogP contribution in [-0.2, 0) is 14.3 Å². The number of amides is 3. The summed E-state index contributed by atoms with van der Waals surface area (Å²) in [5, 5.41) is 5.70. The van der Waals surface area contributed by atoms with Crippen LogP contribution < -0.4 is 10.6 Å². The van der Waals surface area contributed by atoms with Gasteiger partial charge in [0, 0.05) is 24.4 Å². The Hall–Kier alpha value is -2.83.